The van der Waals surface area contributed by atoms with Crippen molar-refractivity contribution in [1.29, 1.82) is 0 Å². The van der Waals surface area contributed by atoms with E-state index in [1.54, 1.807) is 0 Å². The number of ether oxygens (including phenoxy) is 2. The Morgan fingerprint density at radius 2 is 2.28 bits per heavy atom. The summed E-state index contributed by atoms with van der Waals surface area (Å²) in [5.74, 6) is 7.22. The highest BCUT2D eigenvalue weighted by Gasteiger charge is 2.20. The lowest BCUT2D eigenvalue weighted by Crippen LogP contribution is -2.24. The highest BCUT2D eigenvalue weighted by molar-refractivity contribution is 5.35. The van der Waals surface area contributed by atoms with E-state index in [-0.39, 0.29) is 6.10 Å². The van der Waals surface area contributed by atoms with Gasteiger partial charge in [-0.05, 0) is 12.3 Å². The van der Waals surface area contributed by atoms with Crippen molar-refractivity contribution >= 4 is 5.82 Å². The van der Waals surface area contributed by atoms with Gasteiger partial charge in [-0.2, -0.15) is 0 Å². The molecule has 100 valence electrons. The fourth-order valence-corrected chi connectivity index (χ4v) is 1.90. The van der Waals surface area contributed by atoms with E-state index in [0.717, 1.165) is 12.1 Å². The number of anilines is 1. The van der Waals surface area contributed by atoms with Gasteiger partial charge < -0.3 is 14.9 Å². The number of aromatic nitrogens is 2. The molecule has 3 N–H and O–H groups in total. The number of hydrazine groups is 1. The van der Waals surface area contributed by atoms with Gasteiger partial charge in [-0.3, -0.25) is 0 Å². The summed E-state index contributed by atoms with van der Waals surface area (Å²) in [6.07, 6.45) is 0.690. The molecule has 1 saturated heterocycles. The molecule has 2 heterocycles. The predicted octanol–water partition coefficient (Wildman–Crippen LogP) is 1.05. The van der Waals surface area contributed by atoms with E-state index in [1.807, 2.05) is 6.07 Å². The molecular formula is C12H20N4O2. The van der Waals surface area contributed by atoms with Gasteiger partial charge in [-0.1, -0.05) is 13.8 Å². The minimum atomic E-state index is -0.196. The van der Waals surface area contributed by atoms with Gasteiger partial charge in [0.15, 0.2) is 5.82 Å². The molecule has 1 fully saturated rings. The van der Waals surface area contributed by atoms with Crippen LogP contribution < -0.4 is 11.3 Å². The van der Waals surface area contributed by atoms with Crippen molar-refractivity contribution in [3.05, 3.63) is 17.6 Å². The smallest absolute Gasteiger partial charge is 0.162 e. The lowest BCUT2D eigenvalue weighted by atomic mass is 10.1. The van der Waals surface area contributed by atoms with Gasteiger partial charge in [0.05, 0.1) is 19.8 Å². The Kier molecular flexibility index (Phi) is 4.46. The van der Waals surface area contributed by atoms with Gasteiger partial charge >= 0.3 is 0 Å². The number of hydrogen-bond donors (Lipinski definition) is 2. The van der Waals surface area contributed by atoms with Crippen LogP contribution in [0.15, 0.2) is 6.07 Å². The average molecular weight is 252 g/mol. The maximum absolute atomic E-state index is 5.60. The van der Waals surface area contributed by atoms with E-state index in [1.165, 1.54) is 0 Å². The summed E-state index contributed by atoms with van der Waals surface area (Å²) in [5, 5.41) is 0. The maximum Gasteiger partial charge on any atom is 0.162 e. The predicted molar refractivity (Wildman–Crippen MR) is 67.9 cm³/mol. The third kappa shape index (κ3) is 3.38. The normalized spacial score (nSPS) is 20.1. The van der Waals surface area contributed by atoms with Crippen molar-refractivity contribution in [2.24, 2.45) is 11.8 Å². The number of nitrogens with two attached hydrogens (primary N) is 1. The minimum Gasteiger partial charge on any atom is -0.376 e. The first kappa shape index (κ1) is 13.2. The first-order valence-corrected chi connectivity index (χ1v) is 6.23. The molecule has 6 nitrogen and oxygen atoms in total. The molecule has 0 aromatic carbocycles. The molecule has 1 aromatic rings. The highest BCUT2D eigenvalue weighted by atomic mass is 16.6. The summed E-state index contributed by atoms with van der Waals surface area (Å²) in [6.45, 7) is 6.00. The van der Waals surface area contributed by atoms with Crippen molar-refractivity contribution < 1.29 is 9.47 Å². The third-order valence-corrected chi connectivity index (χ3v) is 2.67. The quantitative estimate of drug-likeness (QED) is 0.615. The molecule has 18 heavy (non-hydrogen) atoms. The van der Waals surface area contributed by atoms with Crippen LogP contribution in [-0.4, -0.2) is 29.8 Å². The van der Waals surface area contributed by atoms with E-state index in [9.17, 15) is 0 Å². The van der Waals surface area contributed by atoms with E-state index < -0.39 is 0 Å². The van der Waals surface area contributed by atoms with Crippen LogP contribution in [0, 0.1) is 5.92 Å². The molecule has 0 bridgehead atoms. The van der Waals surface area contributed by atoms with Crippen LogP contribution in [0.1, 0.15) is 31.5 Å². The Bertz CT molecular complexity index is 392. The van der Waals surface area contributed by atoms with Crippen molar-refractivity contribution in [2.45, 2.75) is 26.4 Å². The number of nitrogen functional groups attached to an aromatic ring is 1. The van der Waals surface area contributed by atoms with Crippen LogP contribution in [0.4, 0.5) is 5.82 Å². The SMILES string of the molecule is CC(C)Cc1cc(NN)nc(C2COCCO2)n1. The Morgan fingerprint density at radius 3 is 2.89 bits per heavy atom. The zero-order valence-electron chi connectivity index (χ0n) is 10.8. The van der Waals surface area contributed by atoms with Gasteiger partial charge in [0.2, 0.25) is 0 Å². The molecule has 2 rings (SSSR count). The summed E-state index contributed by atoms with van der Waals surface area (Å²) < 4.78 is 11.0. The fraction of sp³-hybridized carbons (Fsp3) is 0.667. The summed E-state index contributed by atoms with van der Waals surface area (Å²) in [7, 11) is 0. The highest BCUT2D eigenvalue weighted by Crippen LogP contribution is 2.20. The van der Waals surface area contributed by atoms with Crippen LogP contribution in [0.5, 0.6) is 0 Å². The Balaban J connectivity index is 2.22. The van der Waals surface area contributed by atoms with Crippen LogP contribution in [0.3, 0.4) is 0 Å². The second-order valence-corrected chi connectivity index (χ2v) is 4.78. The van der Waals surface area contributed by atoms with Crippen molar-refractivity contribution in [2.75, 3.05) is 25.2 Å². The molecule has 0 aliphatic carbocycles. The van der Waals surface area contributed by atoms with E-state index >= 15 is 0 Å². The molecule has 0 spiro atoms. The van der Waals surface area contributed by atoms with Gasteiger partial charge in [0.25, 0.3) is 0 Å². The summed E-state index contributed by atoms with van der Waals surface area (Å²) in [4.78, 5) is 8.86. The van der Waals surface area contributed by atoms with Crippen LogP contribution in [0.2, 0.25) is 0 Å². The zero-order chi connectivity index (χ0) is 13.0. The molecule has 1 aliphatic heterocycles. The van der Waals surface area contributed by atoms with Crippen LogP contribution in [-0.2, 0) is 15.9 Å². The van der Waals surface area contributed by atoms with Crippen molar-refractivity contribution in [1.82, 2.24) is 9.97 Å². The van der Waals surface area contributed by atoms with E-state index in [0.29, 0.717) is 37.4 Å². The lowest BCUT2D eigenvalue weighted by Gasteiger charge is -2.22. The topological polar surface area (TPSA) is 82.3 Å². The number of nitrogens with zero attached hydrogens (tertiary/aromatic N) is 2. The molecule has 1 aromatic heterocycles. The monoisotopic (exact) mass is 252 g/mol. The average Bonchev–Trinajstić information content (AvgIpc) is 2.38. The van der Waals surface area contributed by atoms with E-state index in [4.69, 9.17) is 15.3 Å². The second kappa shape index (κ2) is 6.08. The van der Waals surface area contributed by atoms with Gasteiger partial charge in [-0.25, -0.2) is 15.8 Å². The van der Waals surface area contributed by atoms with E-state index in [2.05, 4.69) is 29.2 Å². The molecule has 1 aliphatic rings. The number of hydrogen-bond acceptors (Lipinski definition) is 6. The standard InChI is InChI=1S/C12H20N4O2/c1-8(2)5-9-6-11(16-13)15-12(14-9)10-7-17-3-4-18-10/h6,8,10H,3-5,7,13H2,1-2H3,(H,14,15,16). The fourth-order valence-electron chi connectivity index (χ4n) is 1.90. The van der Waals surface area contributed by atoms with Gasteiger partial charge in [0, 0.05) is 11.8 Å². The molecular weight excluding hydrogens is 232 g/mol. The zero-order valence-corrected chi connectivity index (χ0v) is 10.8. The van der Waals surface area contributed by atoms with Crippen molar-refractivity contribution in [3.8, 4) is 0 Å². The summed E-state index contributed by atoms with van der Waals surface area (Å²) in [5.41, 5.74) is 3.54. The largest absolute Gasteiger partial charge is 0.376 e. The minimum absolute atomic E-state index is 0.196. The van der Waals surface area contributed by atoms with Gasteiger partial charge in [-0.15, -0.1) is 0 Å². The summed E-state index contributed by atoms with van der Waals surface area (Å²) in [6, 6.07) is 1.87. The second-order valence-electron chi connectivity index (χ2n) is 4.78. The van der Waals surface area contributed by atoms with Crippen LogP contribution in [0.25, 0.3) is 0 Å². The Hall–Kier alpha value is -1.24. The Labute approximate surface area is 107 Å². The molecule has 6 heteroatoms. The molecule has 1 unspecified atom stereocenters. The maximum atomic E-state index is 5.60. The third-order valence-electron chi connectivity index (χ3n) is 2.67. The molecule has 1 atom stereocenters. The summed E-state index contributed by atoms with van der Waals surface area (Å²) >= 11 is 0. The molecule has 0 saturated carbocycles. The number of nitrogens with one attached hydrogen (secondary N) is 1. The molecule has 0 amide bonds. The lowest BCUT2D eigenvalue weighted by molar-refractivity contribution is -0.0935. The first-order chi connectivity index (χ1) is 8.69. The van der Waals surface area contributed by atoms with Crippen LogP contribution >= 0.6 is 0 Å². The molecule has 0 radical (unpaired) electrons. The van der Waals surface area contributed by atoms with Crippen molar-refractivity contribution in [3.63, 3.8) is 0 Å². The van der Waals surface area contributed by atoms with Gasteiger partial charge in [0.1, 0.15) is 11.9 Å². The Morgan fingerprint density at radius 1 is 1.44 bits per heavy atom. The number of rotatable bonds is 4. The first-order valence-electron chi connectivity index (χ1n) is 6.23.